The molecule has 0 bridgehead atoms. The number of Topliss-reactive ketones (excluding diaryl/α,β-unsaturated/α-hetero) is 1. The fourth-order valence-corrected chi connectivity index (χ4v) is 4.39. The minimum atomic E-state index is -0.468. The Morgan fingerprint density at radius 1 is 1.30 bits per heavy atom. The Labute approximate surface area is 140 Å². The fraction of sp³-hybridized carbons (Fsp3) is 0.944. The zero-order valence-electron chi connectivity index (χ0n) is 14.7. The molecule has 1 spiro atoms. The number of carbonyl (C=O) groups is 1. The summed E-state index contributed by atoms with van der Waals surface area (Å²) in [5.74, 6) is 1.03. The van der Waals surface area contributed by atoms with E-state index in [2.05, 4.69) is 6.92 Å². The van der Waals surface area contributed by atoms with Gasteiger partial charge in [0.25, 0.3) is 0 Å². The Morgan fingerprint density at radius 3 is 2.70 bits per heavy atom. The highest BCUT2D eigenvalue weighted by molar-refractivity contribution is 5.78. The summed E-state index contributed by atoms with van der Waals surface area (Å²) in [5.41, 5.74) is 5.73. The van der Waals surface area contributed by atoms with Crippen LogP contribution in [0.1, 0.15) is 51.9 Å². The molecule has 1 heterocycles. The topological polar surface area (TPSA) is 70.8 Å². The first-order valence-corrected chi connectivity index (χ1v) is 9.10. The van der Waals surface area contributed by atoms with Crippen molar-refractivity contribution in [1.82, 2.24) is 0 Å². The third-order valence-corrected chi connectivity index (χ3v) is 5.26. The van der Waals surface area contributed by atoms with Crippen LogP contribution in [0.3, 0.4) is 0 Å². The van der Waals surface area contributed by atoms with Crippen LogP contribution in [0, 0.1) is 17.8 Å². The molecular formula is C18H33NO4. The van der Waals surface area contributed by atoms with Crippen molar-refractivity contribution < 1.29 is 19.0 Å². The van der Waals surface area contributed by atoms with Crippen LogP contribution >= 0.6 is 0 Å². The Balaban J connectivity index is 2.02. The molecule has 5 heteroatoms. The quantitative estimate of drug-likeness (QED) is 0.659. The normalized spacial score (nSPS) is 30.0. The number of hydrogen-bond donors (Lipinski definition) is 1. The number of carbonyl (C=O) groups excluding carboxylic acids is 1. The van der Waals surface area contributed by atoms with Gasteiger partial charge >= 0.3 is 0 Å². The molecule has 1 aliphatic carbocycles. The maximum absolute atomic E-state index is 12.4. The van der Waals surface area contributed by atoms with Crippen LogP contribution in [0.2, 0.25) is 0 Å². The van der Waals surface area contributed by atoms with Crippen LogP contribution < -0.4 is 5.73 Å². The SMILES string of the molecule is COCCCC(=O)CC1CC(C)CC2(OCCO2)C1CCCN. The molecule has 3 unspecified atom stereocenters. The van der Waals surface area contributed by atoms with Crippen LogP contribution in [0.15, 0.2) is 0 Å². The van der Waals surface area contributed by atoms with Crippen molar-refractivity contribution in [1.29, 1.82) is 0 Å². The number of ether oxygens (including phenoxy) is 3. The highest BCUT2D eigenvalue weighted by Gasteiger charge is 2.51. The summed E-state index contributed by atoms with van der Waals surface area (Å²) in [7, 11) is 1.68. The van der Waals surface area contributed by atoms with Crippen molar-refractivity contribution in [2.75, 3.05) is 33.5 Å². The third-order valence-electron chi connectivity index (χ3n) is 5.26. The molecule has 0 amide bonds. The lowest BCUT2D eigenvalue weighted by molar-refractivity contribution is -0.236. The summed E-state index contributed by atoms with van der Waals surface area (Å²) in [6.45, 7) is 4.91. The second-order valence-electron chi connectivity index (χ2n) is 7.19. The highest BCUT2D eigenvalue weighted by atomic mass is 16.7. The van der Waals surface area contributed by atoms with Crippen LogP contribution in [0.4, 0.5) is 0 Å². The van der Waals surface area contributed by atoms with E-state index in [0.717, 1.165) is 32.1 Å². The zero-order chi connectivity index (χ0) is 16.7. The average Bonchev–Trinajstić information content (AvgIpc) is 2.95. The molecule has 1 saturated carbocycles. The van der Waals surface area contributed by atoms with Crippen molar-refractivity contribution in [2.24, 2.45) is 23.5 Å². The van der Waals surface area contributed by atoms with Gasteiger partial charge in [-0.15, -0.1) is 0 Å². The molecule has 134 valence electrons. The summed E-state index contributed by atoms with van der Waals surface area (Å²) in [6, 6.07) is 0. The van der Waals surface area contributed by atoms with Crippen molar-refractivity contribution in [3.63, 3.8) is 0 Å². The van der Waals surface area contributed by atoms with E-state index in [4.69, 9.17) is 19.9 Å². The molecule has 2 aliphatic rings. The van der Waals surface area contributed by atoms with Crippen molar-refractivity contribution in [2.45, 2.75) is 57.7 Å². The molecule has 0 aromatic carbocycles. The molecule has 1 aliphatic heterocycles. The molecule has 2 N–H and O–H groups in total. The van der Waals surface area contributed by atoms with E-state index >= 15 is 0 Å². The van der Waals surface area contributed by atoms with Crippen molar-refractivity contribution >= 4 is 5.78 Å². The summed E-state index contributed by atoms with van der Waals surface area (Å²) in [4.78, 5) is 12.4. The fourth-order valence-electron chi connectivity index (χ4n) is 4.39. The van der Waals surface area contributed by atoms with Gasteiger partial charge in [0, 0.05) is 38.9 Å². The smallest absolute Gasteiger partial charge is 0.171 e. The molecule has 2 fully saturated rings. The van der Waals surface area contributed by atoms with Gasteiger partial charge in [-0.3, -0.25) is 4.79 Å². The van der Waals surface area contributed by atoms with Crippen LogP contribution in [-0.4, -0.2) is 45.0 Å². The minimum Gasteiger partial charge on any atom is -0.385 e. The average molecular weight is 327 g/mol. The monoisotopic (exact) mass is 327 g/mol. The number of rotatable bonds is 9. The second-order valence-corrected chi connectivity index (χ2v) is 7.19. The van der Waals surface area contributed by atoms with Gasteiger partial charge in [-0.25, -0.2) is 0 Å². The molecular weight excluding hydrogens is 294 g/mol. The lowest BCUT2D eigenvalue weighted by atomic mass is 9.67. The number of nitrogens with two attached hydrogens (primary N) is 1. The number of methoxy groups -OCH3 is 1. The van der Waals surface area contributed by atoms with Crippen LogP contribution in [-0.2, 0) is 19.0 Å². The van der Waals surface area contributed by atoms with E-state index < -0.39 is 5.79 Å². The Kier molecular flexibility index (Phi) is 7.47. The summed E-state index contributed by atoms with van der Waals surface area (Å²) in [6.07, 6.45) is 6.02. The summed E-state index contributed by atoms with van der Waals surface area (Å²) < 4.78 is 17.2. The molecule has 1 saturated heterocycles. The Hall–Kier alpha value is -0.490. The van der Waals surface area contributed by atoms with E-state index in [0.29, 0.717) is 56.8 Å². The van der Waals surface area contributed by atoms with Gasteiger partial charge in [0.1, 0.15) is 5.78 Å². The first-order valence-electron chi connectivity index (χ1n) is 9.10. The zero-order valence-corrected chi connectivity index (χ0v) is 14.7. The van der Waals surface area contributed by atoms with Crippen LogP contribution in [0.5, 0.6) is 0 Å². The molecule has 2 rings (SSSR count). The van der Waals surface area contributed by atoms with Gasteiger partial charge in [-0.2, -0.15) is 0 Å². The van der Waals surface area contributed by atoms with Gasteiger partial charge in [-0.05, 0) is 44.1 Å². The minimum absolute atomic E-state index is 0.288. The molecule has 5 nitrogen and oxygen atoms in total. The van der Waals surface area contributed by atoms with Crippen LogP contribution in [0.25, 0.3) is 0 Å². The largest absolute Gasteiger partial charge is 0.385 e. The lowest BCUT2D eigenvalue weighted by Gasteiger charge is -2.46. The van der Waals surface area contributed by atoms with Gasteiger partial charge in [0.05, 0.1) is 13.2 Å². The second kappa shape index (κ2) is 9.11. The van der Waals surface area contributed by atoms with Crippen molar-refractivity contribution in [3.8, 4) is 0 Å². The molecule has 0 aromatic rings. The predicted molar refractivity (Wildman–Crippen MR) is 89.0 cm³/mol. The summed E-state index contributed by atoms with van der Waals surface area (Å²) in [5, 5.41) is 0. The Bertz CT molecular complexity index is 368. The van der Waals surface area contributed by atoms with E-state index in [1.165, 1.54) is 0 Å². The maximum atomic E-state index is 12.4. The number of hydrogen-bond acceptors (Lipinski definition) is 5. The Morgan fingerprint density at radius 2 is 2.04 bits per heavy atom. The number of ketones is 1. The van der Waals surface area contributed by atoms with Gasteiger partial charge < -0.3 is 19.9 Å². The first kappa shape index (κ1) is 18.8. The van der Waals surface area contributed by atoms with Gasteiger partial charge in [0.15, 0.2) is 5.79 Å². The van der Waals surface area contributed by atoms with E-state index in [-0.39, 0.29) is 5.92 Å². The van der Waals surface area contributed by atoms with E-state index in [1.807, 2.05) is 0 Å². The molecule has 0 radical (unpaired) electrons. The van der Waals surface area contributed by atoms with E-state index in [9.17, 15) is 4.79 Å². The first-order chi connectivity index (χ1) is 11.1. The molecule has 3 atom stereocenters. The highest BCUT2D eigenvalue weighted by Crippen LogP contribution is 2.49. The van der Waals surface area contributed by atoms with Crippen molar-refractivity contribution in [3.05, 3.63) is 0 Å². The van der Waals surface area contributed by atoms with Gasteiger partial charge in [0.2, 0.25) is 0 Å². The third kappa shape index (κ3) is 4.99. The molecule has 23 heavy (non-hydrogen) atoms. The summed E-state index contributed by atoms with van der Waals surface area (Å²) >= 11 is 0. The standard InChI is InChI=1S/C18H33NO4/c1-14-11-15(12-16(20)5-4-8-21-2)17(6-3-7-19)18(13-14)22-9-10-23-18/h14-15,17H,3-13,19H2,1-2H3. The van der Waals surface area contributed by atoms with Gasteiger partial charge in [-0.1, -0.05) is 6.92 Å². The lowest BCUT2D eigenvalue weighted by Crippen LogP contribution is -2.49. The predicted octanol–water partition coefficient (Wildman–Crippen LogP) is 2.52. The maximum Gasteiger partial charge on any atom is 0.171 e. The molecule has 0 aromatic heterocycles. The van der Waals surface area contributed by atoms with E-state index in [1.54, 1.807) is 7.11 Å².